The van der Waals surface area contributed by atoms with E-state index in [-0.39, 0.29) is 5.91 Å². The Bertz CT molecular complexity index is 473. The predicted molar refractivity (Wildman–Crippen MR) is 64.0 cm³/mol. The van der Waals surface area contributed by atoms with Crippen molar-refractivity contribution in [3.63, 3.8) is 0 Å². The van der Waals surface area contributed by atoms with Crippen LogP contribution in [0.3, 0.4) is 0 Å². The number of anilines is 1. The minimum Gasteiger partial charge on any atom is -0.311 e. The Morgan fingerprint density at radius 1 is 1.62 bits per heavy atom. The van der Waals surface area contributed by atoms with Crippen molar-refractivity contribution in [1.29, 1.82) is 0 Å². The van der Waals surface area contributed by atoms with E-state index in [1.165, 1.54) is 11.3 Å². The number of hydrogen-bond donors (Lipinski definition) is 1. The molecular formula is C10H9Cl2N3O. The number of rotatable bonds is 1. The van der Waals surface area contributed by atoms with Gasteiger partial charge in [-0.3, -0.25) is 9.21 Å². The third kappa shape index (κ3) is 2.28. The largest absolute Gasteiger partial charge is 0.311 e. The van der Waals surface area contributed by atoms with Gasteiger partial charge >= 0.3 is 0 Å². The fourth-order valence-electron chi connectivity index (χ4n) is 1.45. The smallest absolute Gasteiger partial charge is 0.222 e. The van der Waals surface area contributed by atoms with E-state index >= 15 is 0 Å². The third-order valence-electron chi connectivity index (χ3n) is 2.11. The van der Waals surface area contributed by atoms with Crippen molar-refractivity contribution in [2.45, 2.75) is 13.5 Å². The maximum atomic E-state index is 10.9. The van der Waals surface area contributed by atoms with Crippen LogP contribution in [0.2, 0.25) is 5.02 Å². The van der Waals surface area contributed by atoms with Crippen LogP contribution < -0.4 is 5.32 Å². The summed E-state index contributed by atoms with van der Waals surface area (Å²) in [6, 6.07) is 1.62. The first-order valence-corrected chi connectivity index (χ1v) is 5.35. The van der Waals surface area contributed by atoms with E-state index in [9.17, 15) is 4.79 Å². The van der Waals surface area contributed by atoms with Gasteiger partial charge in [0.15, 0.2) is 0 Å². The van der Waals surface area contributed by atoms with Gasteiger partial charge in [-0.15, -0.1) is 0 Å². The highest BCUT2D eigenvalue weighted by Gasteiger charge is 2.15. The Kier molecular flexibility index (Phi) is 3.03. The molecule has 16 heavy (non-hydrogen) atoms. The lowest BCUT2D eigenvalue weighted by Crippen LogP contribution is -2.13. The van der Waals surface area contributed by atoms with Gasteiger partial charge in [-0.05, 0) is 12.1 Å². The summed E-state index contributed by atoms with van der Waals surface area (Å²) < 4.78 is 1.49. The number of fused-ring (bicyclic) bond motifs is 1. The van der Waals surface area contributed by atoms with E-state index in [4.69, 9.17) is 23.4 Å². The Morgan fingerprint density at radius 3 is 3.06 bits per heavy atom. The van der Waals surface area contributed by atoms with Crippen LogP contribution in [0.25, 0.3) is 6.08 Å². The van der Waals surface area contributed by atoms with Crippen molar-refractivity contribution in [3.05, 3.63) is 28.5 Å². The van der Waals surface area contributed by atoms with E-state index in [2.05, 4.69) is 10.3 Å². The molecule has 0 unspecified atom stereocenters. The first-order chi connectivity index (χ1) is 7.56. The summed E-state index contributed by atoms with van der Waals surface area (Å²) in [5, 5.41) is 3.14. The molecule has 0 fully saturated rings. The van der Waals surface area contributed by atoms with E-state index in [0.29, 0.717) is 17.4 Å². The molecule has 2 rings (SSSR count). The molecule has 1 amide bonds. The maximum absolute atomic E-state index is 10.9. The molecule has 0 saturated carbocycles. The first-order valence-electron chi connectivity index (χ1n) is 4.64. The normalized spacial score (nSPS) is 13.6. The molecule has 2 heterocycles. The summed E-state index contributed by atoms with van der Waals surface area (Å²) >= 11 is 11.9. The van der Waals surface area contributed by atoms with Gasteiger partial charge in [0, 0.05) is 30.5 Å². The molecule has 0 saturated heterocycles. The van der Waals surface area contributed by atoms with Crippen LogP contribution in [0.15, 0.2) is 12.3 Å². The summed E-state index contributed by atoms with van der Waals surface area (Å²) in [5.41, 5.74) is 1.58. The van der Waals surface area contributed by atoms with Crippen LogP contribution in [-0.4, -0.2) is 15.3 Å². The van der Waals surface area contributed by atoms with Gasteiger partial charge < -0.3 is 5.32 Å². The van der Waals surface area contributed by atoms with E-state index in [1.54, 1.807) is 18.3 Å². The SMILES string of the molecule is CC(=O)Nc1cc(Cl)c2c(n1)C=CN(Cl)C2. The second-order valence-electron chi connectivity index (χ2n) is 3.41. The van der Waals surface area contributed by atoms with Gasteiger partial charge in [0.05, 0.1) is 17.3 Å². The third-order valence-corrected chi connectivity index (χ3v) is 2.68. The fourth-order valence-corrected chi connectivity index (χ4v) is 1.89. The van der Waals surface area contributed by atoms with E-state index < -0.39 is 0 Å². The molecule has 1 aromatic rings. The van der Waals surface area contributed by atoms with Gasteiger partial charge in [0.1, 0.15) is 5.82 Å². The molecule has 0 aliphatic carbocycles. The summed E-state index contributed by atoms with van der Waals surface area (Å²) in [7, 11) is 0. The molecule has 1 aliphatic rings. The number of carbonyl (C=O) groups is 1. The van der Waals surface area contributed by atoms with Crippen molar-refractivity contribution in [1.82, 2.24) is 9.40 Å². The lowest BCUT2D eigenvalue weighted by molar-refractivity contribution is -0.114. The van der Waals surface area contributed by atoms with Crippen molar-refractivity contribution >= 4 is 41.2 Å². The summed E-state index contributed by atoms with van der Waals surface area (Å²) in [6.07, 6.45) is 3.45. The Morgan fingerprint density at radius 2 is 2.38 bits per heavy atom. The molecule has 0 bridgehead atoms. The Hall–Kier alpha value is -1.26. The highest BCUT2D eigenvalue weighted by atomic mass is 35.5. The van der Waals surface area contributed by atoms with Crippen molar-refractivity contribution in [2.24, 2.45) is 0 Å². The lowest BCUT2D eigenvalue weighted by atomic mass is 10.1. The fraction of sp³-hybridized carbons (Fsp3) is 0.200. The monoisotopic (exact) mass is 257 g/mol. The van der Waals surface area contributed by atoms with Crippen LogP contribution in [0, 0.1) is 0 Å². The average Bonchev–Trinajstić information content (AvgIpc) is 2.18. The van der Waals surface area contributed by atoms with Crippen LogP contribution in [0.5, 0.6) is 0 Å². The molecule has 0 aromatic carbocycles. The Labute approximate surface area is 103 Å². The van der Waals surface area contributed by atoms with Gasteiger partial charge in [0.25, 0.3) is 0 Å². The second kappa shape index (κ2) is 4.31. The summed E-state index contributed by atoms with van der Waals surface area (Å²) in [5.74, 6) is 0.270. The molecular weight excluding hydrogens is 249 g/mol. The van der Waals surface area contributed by atoms with E-state index in [0.717, 1.165) is 11.3 Å². The summed E-state index contributed by atoms with van der Waals surface area (Å²) in [4.78, 5) is 15.2. The number of halogens is 2. The maximum Gasteiger partial charge on any atom is 0.222 e. The van der Waals surface area contributed by atoms with Crippen LogP contribution >= 0.6 is 23.4 Å². The van der Waals surface area contributed by atoms with E-state index in [1.807, 2.05) is 0 Å². The zero-order chi connectivity index (χ0) is 11.7. The topological polar surface area (TPSA) is 45.2 Å². The number of nitrogens with zero attached hydrogens (tertiary/aromatic N) is 2. The van der Waals surface area contributed by atoms with Crippen molar-refractivity contribution in [2.75, 3.05) is 5.32 Å². The lowest BCUT2D eigenvalue weighted by Gasteiger charge is -2.19. The second-order valence-corrected chi connectivity index (χ2v) is 4.25. The number of carbonyl (C=O) groups excluding carboxylic acids is 1. The molecule has 0 radical (unpaired) electrons. The van der Waals surface area contributed by atoms with Crippen LogP contribution in [0.4, 0.5) is 5.82 Å². The quantitative estimate of drug-likeness (QED) is 0.787. The molecule has 84 valence electrons. The highest BCUT2D eigenvalue weighted by Crippen LogP contribution is 2.28. The van der Waals surface area contributed by atoms with Crippen molar-refractivity contribution in [3.8, 4) is 0 Å². The standard InChI is InChI=1S/C10H9Cl2N3O/c1-6(16)13-10-4-8(11)7-5-15(12)3-2-9(7)14-10/h2-4H,5H2,1H3,(H,13,14,16). The van der Waals surface area contributed by atoms with Crippen LogP contribution in [0.1, 0.15) is 18.2 Å². The minimum absolute atomic E-state index is 0.178. The molecule has 1 N–H and O–H groups in total. The molecule has 0 spiro atoms. The molecule has 1 aromatic heterocycles. The number of aromatic nitrogens is 1. The van der Waals surface area contributed by atoms with Gasteiger partial charge in [-0.25, -0.2) is 4.98 Å². The molecule has 1 aliphatic heterocycles. The summed E-state index contributed by atoms with van der Waals surface area (Å²) in [6.45, 7) is 1.92. The van der Waals surface area contributed by atoms with Gasteiger partial charge in [-0.1, -0.05) is 11.6 Å². The van der Waals surface area contributed by atoms with Crippen molar-refractivity contribution < 1.29 is 4.79 Å². The Balaban J connectivity index is 2.41. The number of pyridine rings is 1. The zero-order valence-electron chi connectivity index (χ0n) is 8.50. The number of nitrogens with one attached hydrogen (secondary N) is 1. The minimum atomic E-state index is -0.178. The molecule has 0 atom stereocenters. The zero-order valence-corrected chi connectivity index (χ0v) is 10.0. The van der Waals surface area contributed by atoms with Crippen LogP contribution in [-0.2, 0) is 11.3 Å². The number of hydrogen-bond acceptors (Lipinski definition) is 3. The average molecular weight is 258 g/mol. The predicted octanol–water partition coefficient (Wildman–Crippen LogP) is 2.63. The van der Waals surface area contributed by atoms with Gasteiger partial charge in [-0.2, -0.15) is 0 Å². The molecule has 6 heteroatoms. The highest BCUT2D eigenvalue weighted by molar-refractivity contribution is 6.32. The van der Waals surface area contributed by atoms with Gasteiger partial charge in [0.2, 0.25) is 5.91 Å². The first kappa shape index (κ1) is 11.2. The number of amides is 1. The molecule has 4 nitrogen and oxygen atoms in total.